The summed E-state index contributed by atoms with van der Waals surface area (Å²) in [6.45, 7) is 0. The lowest BCUT2D eigenvalue weighted by Gasteiger charge is -2.11. The van der Waals surface area contributed by atoms with E-state index in [0.29, 0.717) is 21.6 Å². The van der Waals surface area contributed by atoms with Crippen LogP contribution in [0.25, 0.3) is 27.8 Å². The Hall–Kier alpha value is -3.05. The summed E-state index contributed by atoms with van der Waals surface area (Å²) in [4.78, 5) is 25.3. The third-order valence-corrected chi connectivity index (χ3v) is 4.92. The molecule has 0 aliphatic carbocycles. The van der Waals surface area contributed by atoms with Crippen molar-refractivity contribution in [2.75, 3.05) is 0 Å². The minimum atomic E-state index is -0.363. The number of nitrogens with zero attached hydrogens (tertiary/aromatic N) is 3. The number of fused-ring (bicyclic) bond motifs is 1. The number of hydrogen-bond acceptors (Lipinski definition) is 2. The Morgan fingerprint density at radius 1 is 0.846 bits per heavy atom. The molecule has 0 radical (unpaired) electrons. The van der Waals surface area contributed by atoms with E-state index in [4.69, 9.17) is 11.6 Å². The summed E-state index contributed by atoms with van der Waals surface area (Å²) in [5.41, 5.74) is 2.21. The second kappa shape index (κ2) is 6.04. The van der Waals surface area contributed by atoms with Crippen molar-refractivity contribution in [1.29, 1.82) is 0 Å². The molecule has 5 nitrogen and oxygen atoms in total. The van der Waals surface area contributed by atoms with Crippen LogP contribution in [0.4, 0.5) is 0 Å². The number of hydrogen-bond donors (Lipinski definition) is 0. The van der Waals surface area contributed by atoms with Gasteiger partial charge in [-0.1, -0.05) is 54.1 Å². The molecule has 0 aliphatic rings. The topological polar surface area (TPSA) is 48.9 Å². The maximum Gasteiger partial charge on any atom is 0.330 e. The number of benzene rings is 2. The fourth-order valence-corrected chi connectivity index (χ4v) is 3.48. The van der Waals surface area contributed by atoms with Crippen LogP contribution in [-0.2, 0) is 14.1 Å². The molecule has 4 aromatic rings. The number of aryl methyl sites for hydroxylation is 1. The quantitative estimate of drug-likeness (QED) is 0.547. The largest absolute Gasteiger partial charge is 0.330 e. The maximum atomic E-state index is 12.9. The predicted molar refractivity (Wildman–Crippen MR) is 104 cm³/mol. The maximum absolute atomic E-state index is 12.9. The molecule has 0 saturated carbocycles. The number of halogens is 1. The second-order valence-electron chi connectivity index (χ2n) is 6.13. The van der Waals surface area contributed by atoms with Crippen molar-refractivity contribution in [2.24, 2.45) is 14.1 Å². The monoisotopic (exact) mass is 365 g/mol. The molecule has 26 heavy (non-hydrogen) atoms. The Kier molecular flexibility index (Phi) is 3.81. The summed E-state index contributed by atoms with van der Waals surface area (Å²) in [7, 11) is 3.15. The number of rotatable bonds is 2. The van der Waals surface area contributed by atoms with Crippen LogP contribution in [0.1, 0.15) is 0 Å². The van der Waals surface area contributed by atoms with E-state index in [2.05, 4.69) is 0 Å². The van der Waals surface area contributed by atoms with Gasteiger partial charge in [0.1, 0.15) is 0 Å². The van der Waals surface area contributed by atoms with E-state index in [1.807, 2.05) is 53.1 Å². The normalized spacial score (nSPS) is 11.2. The highest BCUT2D eigenvalue weighted by atomic mass is 35.5. The van der Waals surface area contributed by atoms with Gasteiger partial charge in [-0.05, 0) is 17.7 Å². The lowest BCUT2D eigenvalue weighted by Crippen LogP contribution is -2.36. The Morgan fingerprint density at radius 2 is 1.50 bits per heavy atom. The number of para-hydroxylation sites is 1. The van der Waals surface area contributed by atoms with E-state index in [1.165, 1.54) is 11.6 Å². The van der Waals surface area contributed by atoms with Crippen LogP contribution in [0, 0.1) is 0 Å². The fourth-order valence-electron chi connectivity index (χ4n) is 3.26. The van der Waals surface area contributed by atoms with Gasteiger partial charge in [0.05, 0.1) is 27.3 Å². The van der Waals surface area contributed by atoms with Gasteiger partial charge >= 0.3 is 5.69 Å². The van der Waals surface area contributed by atoms with Gasteiger partial charge in [-0.2, -0.15) is 0 Å². The van der Waals surface area contributed by atoms with Crippen LogP contribution in [0.3, 0.4) is 0 Å². The van der Waals surface area contributed by atoms with Crippen LogP contribution < -0.4 is 11.2 Å². The molecule has 4 rings (SSSR count). The average Bonchev–Trinajstić information content (AvgIpc) is 3.06. The van der Waals surface area contributed by atoms with Crippen molar-refractivity contribution in [3.8, 4) is 16.9 Å². The van der Waals surface area contributed by atoms with Gasteiger partial charge in [0.15, 0.2) is 0 Å². The summed E-state index contributed by atoms with van der Waals surface area (Å²) in [6.07, 6.45) is 1.79. The minimum Gasteiger partial charge on any atom is -0.312 e. The van der Waals surface area contributed by atoms with Crippen LogP contribution in [-0.4, -0.2) is 13.7 Å². The summed E-state index contributed by atoms with van der Waals surface area (Å²) >= 11 is 6.42. The lowest BCUT2D eigenvalue weighted by molar-refractivity contribution is 0.714. The molecule has 130 valence electrons. The first kappa shape index (κ1) is 16.4. The summed E-state index contributed by atoms with van der Waals surface area (Å²) in [5.74, 6) is 0. The fraction of sp³-hybridized carbons (Fsp3) is 0.100. The first-order valence-electron chi connectivity index (χ1n) is 8.12. The van der Waals surface area contributed by atoms with Crippen molar-refractivity contribution >= 4 is 22.5 Å². The van der Waals surface area contributed by atoms with Crippen LogP contribution in [0.5, 0.6) is 0 Å². The van der Waals surface area contributed by atoms with Crippen molar-refractivity contribution in [2.45, 2.75) is 0 Å². The molecule has 0 atom stereocenters. The average molecular weight is 366 g/mol. The molecule has 0 N–H and O–H groups in total. The van der Waals surface area contributed by atoms with Gasteiger partial charge in [0.2, 0.25) is 0 Å². The van der Waals surface area contributed by atoms with Gasteiger partial charge in [-0.25, -0.2) is 4.79 Å². The Balaban J connectivity index is 2.25. The van der Waals surface area contributed by atoms with Crippen LogP contribution in [0.15, 0.2) is 70.4 Å². The third kappa shape index (κ3) is 2.32. The van der Waals surface area contributed by atoms with E-state index < -0.39 is 0 Å². The zero-order valence-electron chi connectivity index (χ0n) is 14.3. The van der Waals surface area contributed by atoms with Crippen molar-refractivity contribution in [3.63, 3.8) is 0 Å². The van der Waals surface area contributed by atoms with Gasteiger partial charge in [0.25, 0.3) is 5.56 Å². The first-order chi connectivity index (χ1) is 12.5. The molecule has 2 heterocycles. The molecule has 6 heteroatoms. The Bertz CT molecular complexity index is 1250. The second-order valence-corrected chi connectivity index (χ2v) is 6.54. The molecule has 2 aromatic heterocycles. The Labute approximate surface area is 154 Å². The van der Waals surface area contributed by atoms with E-state index in [1.54, 1.807) is 19.3 Å². The van der Waals surface area contributed by atoms with Gasteiger partial charge in [-0.15, -0.1) is 0 Å². The van der Waals surface area contributed by atoms with Crippen molar-refractivity contribution in [3.05, 3.63) is 86.7 Å². The lowest BCUT2D eigenvalue weighted by atomic mass is 10.1. The summed E-state index contributed by atoms with van der Waals surface area (Å²) in [5, 5.41) is 1.05. The molecule has 0 bridgehead atoms. The minimum absolute atomic E-state index is 0.326. The van der Waals surface area contributed by atoms with Gasteiger partial charge in [-0.3, -0.25) is 13.9 Å². The molecular weight excluding hydrogens is 350 g/mol. The standard InChI is InChI=1S/C20H16ClN3O2/c1-22-16-12-24(15-11-7-6-10-14(15)21)18(13-8-4-3-5-9-13)17(16)19(25)23(2)20(22)26/h3-12H,1-2H3. The molecular formula is C20H16ClN3O2. The smallest absolute Gasteiger partial charge is 0.312 e. The summed E-state index contributed by atoms with van der Waals surface area (Å²) < 4.78 is 4.49. The first-order valence-corrected chi connectivity index (χ1v) is 8.50. The highest BCUT2D eigenvalue weighted by Crippen LogP contribution is 2.33. The predicted octanol–water partition coefficient (Wildman–Crippen LogP) is 3.35. The van der Waals surface area contributed by atoms with Crippen molar-refractivity contribution in [1.82, 2.24) is 13.7 Å². The molecule has 0 unspecified atom stereocenters. The number of aromatic nitrogens is 3. The van der Waals surface area contributed by atoms with E-state index in [-0.39, 0.29) is 11.2 Å². The van der Waals surface area contributed by atoms with Crippen molar-refractivity contribution < 1.29 is 0 Å². The molecule has 0 fully saturated rings. The molecule has 0 spiro atoms. The van der Waals surface area contributed by atoms with E-state index in [0.717, 1.165) is 15.8 Å². The highest BCUT2D eigenvalue weighted by molar-refractivity contribution is 6.32. The van der Waals surface area contributed by atoms with E-state index in [9.17, 15) is 9.59 Å². The molecule has 2 aromatic carbocycles. The molecule has 0 aliphatic heterocycles. The van der Waals surface area contributed by atoms with Crippen LogP contribution >= 0.6 is 11.6 Å². The molecule has 0 saturated heterocycles. The summed E-state index contributed by atoms with van der Waals surface area (Å²) in [6, 6.07) is 17.0. The van der Waals surface area contributed by atoms with Gasteiger partial charge < -0.3 is 4.57 Å². The zero-order valence-corrected chi connectivity index (χ0v) is 15.1. The Morgan fingerprint density at radius 3 is 2.19 bits per heavy atom. The third-order valence-electron chi connectivity index (χ3n) is 4.60. The highest BCUT2D eigenvalue weighted by Gasteiger charge is 2.20. The molecule has 0 amide bonds. The van der Waals surface area contributed by atoms with Gasteiger partial charge in [0, 0.05) is 20.3 Å². The SMILES string of the molecule is Cn1c(=O)c2c(-c3ccccc3)n(-c3ccccc3Cl)cc2n(C)c1=O. The zero-order chi connectivity index (χ0) is 18.4. The van der Waals surface area contributed by atoms with E-state index >= 15 is 0 Å². The van der Waals surface area contributed by atoms with Crippen LogP contribution in [0.2, 0.25) is 5.02 Å².